The number of nitrogens with zero attached hydrogens (tertiary/aromatic N) is 5. The first kappa shape index (κ1) is 17.2. The first-order valence-corrected chi connectivity index (χ1v) is 8.66. The minimum absolute atomic E-state index is 0.0122. The summed E-state index contributed by atoms with van der Waals surface area (Å²) in [4.78, 5) is 14.2. The third kappa shape index (κ3) is 3.68. The Morgan fingerprint density at radius 1 is 1.26 bits per heavy atom. The first-order valence-electron chi connectivity index (χ1n) is 8.66. The van der Waals surface area contributed by atoms with Gasteiger partial charge in [0.25, 0.3) is 5.91 Å². The molecular formula is C18H20N6O3. The standard InChI is InChI=1S/C18H20N6O3/c1-12-2-7-17(27-12)15-8-23(9-16(15)19)18(25)10-26-14-5-3-13(4-6-14)24-11-20-21-22-24/h2-7,11,15-16H,8-10,19H2,1H3/t15-,16-/m0/s1. The van der Waals surface area contributed by atoms with Crippen molar-refractivity contribution >= 4 is 5.91 Å². The Labute approximate surface area is 155 Å². The molecule has 2 aromatic heterocycles. The summed E-state index contributed by atoms with van der Waals surface area (Å²) in [5.74, 6) is 2.19. The van der Waals surface area contributed by atoms with Crippen molar-refractivity contribution in [3.8, 4) is 11.4 Å². The molecular weight excluding hydrogens is 348 g/mol. The zero-order valence-electron chi connectivity index (χ0n) is 14.9. The fourth-order valence-corrected chi connectivity index (χ4v) is 3.20. The van der Waals surface area contributed by atoms with Gasteiger partial charge in [-0.1, -0.05) is 0 Å². The van der Waals surface area contributed by atoms with Crippen LogP contribution >= 0.6 is 0 Å². The van der Waals surface area contributed by atoms with Crippen LogP contribution in [0.15, 0.2) is 47.1 Å². The maximum Gasteiger partial charge on any atom is 0.260 e. The van der Waals surface area contributed by atoms with Crippen LogP contribution in [0.3, 0.4) is 0 Å². The molecule has 0 bridgehead atoms. The lowest BCUT2D eigenvalue weighted by molar-refractivity contribution is -0.132. The summed E-state index contributed by atoms with van der Waals surface area (Å²) in [6.07, 6.45) is 1.51. The lowest BCUT2D eigenvalue weighted by Gasteiger charge is -2.16. The SMILES string of the molecule is Cc1ccc([C@H]2CN(C(=O)COc3ccc(-n4cnnn4)cc3)C[C@@H]2N)o1. The molecule has 9 heteroatoms. The Balaban J connectivity index is 1.33. The molecule has 0 aliphatic carbocycles. The molecule has 3 heterocycles. The van der Waals surface area contributed by atoms with Gasteiger partial charge in [-0.3, -0.25) is 4.79 Å². The Bertz CT molecular complexity index is 906. The molecule has 1 aromatic carbocycles. The number of nitrogens with two attached hydrogens (primary N) is 1. The number of carbonyl (C=O) groups is 1. The van der Waals surface area contributed by atoms with Crippen molar-refractivity contribution in [3.63, 3.8) is 0 Å². The van der Waals surface area contributed by atoms with Gasteiger partial charge in [0.2, 0.25) is 0 Å². The monoisotopic (exact) mass is 368 g/mol. The molecule has 27 heavy (non-hydrogen) atoms. The van der Waals surface area contributed by atoms with Crippen LogP contribution in [0.25, 0.3) is 5.69 Å². The second-order valence-electron chi connectivity index (χ2n) is 6.55. The van der Waals surface area contributed by atoms with E-state index in [9.17, 15) is 4.79 Å². The molecule has 1 aliphatic heterocycles. The number of likely N-dealkylation sites (tertiary alicyclic amines) is 1. The molecule has 1 amide bonds. The summed E-state index contributed by atoms with van der Waals surface area (Å²) in [6.45, 7) is 2.88. The number of aryl methyl sites for hydroxylation is 1. The summed E-state index contributed by atoms with van der Waals surface area (Å²) in [7, 11) is 0. The molecule has 3 aromatic rings. The maximum atomic E-state index is 12.5. The smallest absolute Gasteiger partial charge is 0.260 e. The van der Waals surface area contributed by atoms with Crippen molar-refractivity contribution in [2.45, 2.75) is 18.9 Å². The number of amides is 1. The maximum absolute atomic E-state index is 12.5. The topological polar surface area (TPSA) is 112 Å². The molecule has 0 radical (unpaired) electrons. The lowest BCUT2D eigenvalue weighted by Crippen LogP contribution is -2.35. The van der Waals surface area contributed by atoms with E-state index in [1.54, 1.807) is 17.0 Å². The van der Waals surface area contributed by atoms with Gasteiger partial charge in [-0.15, -0.1) is 5.10 Å². The average molecular weight is 368 g/mol. The van der Waals surface area contributed by atoms with Gasteiger partial charge in [0.05, 0.1) is 11.6 Å². The number of furan rings is 1. The zero-order chi connectivity index (χ0) is 18.8. The van der Waals surface area contributed by atoms with E-state index in [4.69, 9.17) is 14.9 Å². The normalized spacial score (nSPS) is 19.4. The van der Waals surface area contributed by atoms with Crippen molar-refractivity contribution in [2.24, 2.45) is 5.73 Å². The predicted molar refractivity (Wildman–Crippen MR) is 95.4 cm³/mol. The van der Waals surface area contributed by atoms with Crippen molar-refractivity contribution in [1.29, 1.82) is 0 Å². The van der Waals surface area contributed by atoms with Crippen LogP contribution in [-0.4, -0.2) is 56.8 Å². The van der Waals surface area contributed by atoms with Crippen molar-refractivity contribution in [1.82, 2.24) is 25.1 Å². The van der Waals surface area contributed by atoms with Gasteiger partial charge in [0.1, 0.15) is 23.6 Å². The third-order valence-electron chi connectivity index (χ3n) is 4.66. The molecule has 1 aliphatic rings. The van der Waals surface area contributed by atoms with E-state index in [-0.39, 0.29) is 24.5 Å². The van der Waals surface area contributed by atoms with E-state index in [0.717, 1.165) is 17.2 Å². The molecule has 140 valence electrons. The van der Waals surface area contributed by atoms with Crippen molar-refractivity contribution in [3.05, 3.63) is 54.2 Å². The predicted octanol–water partition coefficient (Wildman–Crippen LogP) is 0.896. The molecule has 1 saturated heterocycles. The molecule has 0 spiro atoms. The molecule has 2 atom stereocenters. The van der Waals surface area contributed by atoms with Crippen LogP contribution in [-0.2, 0) is 4.79 Å². The van der Waals surface area contributed by atoms with Crippen molar-refractivity contribution < 1.29 is 13.9 Å². The minimum atomic E-state index is -0.143. The highest BCUT2D eigenvalue weighted by atomic mass is 16.5. The molecule has 4 rings (SSSR count). The summed E-state index contributed by atoms with van der Waals surface area (Å²) in [5.41, 5.74) is 7.01. The fraction of sp³-hybridized carbons (Fsp3) is 0.333. The summed E-state index contributed by atoms with van der Waals surface area (Å²) >= 11 is 0. The number of rotatable bonds is 5. The van der Waals surface area contributed by atoms with Crippen LogP contribution in [0.4, 0.5) is 0 Å². The van der Waals surface area contributed by atoms with Crippen LogP contribution in [0.5, 0.6) is 5.75 Å². The van der Waals surface area contributed by atoms with Gasteiger partial charge in [-0.2, -0.15) is 0 Å². The van der Waals surface area contributed by atoms with Gasteiger partial charge in [-0.05, 0) is 53.7 Å². The van der Waals surface area contributed by atoms with E-state index < -0.39 is 0 Å². The van der Waals surface area contributed by atoms with Crippen molar-refractivity contribution in [2.75, 3.05) is 19.7 Å². The largest absolute Gasteiger partial charge is 0.484 e. The second-order valence-corrected chi connectivity index (χ2v) is 6.55. The van der Waals surface area contributed by atoms with Gasteiger partial charge in [-0.25, -0.2) is 4.68 Å². The fourth-order valence-electron chi connectivity index (χ4n) is 3.20. The van der Waals surface area contributed by atoms with Crippen LogP contribution in [0.1, 0.15) is 17.4 Å². The van der Waals surface area contributed by atoms with Crippen LogP contribution in [0.2, 0.25) is 0 Å². The van der Waals surface area contributed by atoms with Gasteiger partial charge in [0, 0.05) is 19.1 Å². The quantitative estimate of drug-likeness (QED) is 0.712. The Kier molecular flexibility index (Phi) is 4.59. The summed E-state index contributed by atoms with van der Waals surface area (Å²) in [5, 5.41) is 11.0. The zero-order valence-corrected chi connectivity index (χ0v) is 14.9. The molecule has 1 fully saturated rings. The minimum Gasteiger partial charge on any atom is -0.484 e. The number of benzene rings is 1. The Hall–Kier alpha value is -3.20. The van der Waals surface area contributed by atoms with E-state index in [0.29, 0.717) is 18.8 Å². The highest BCUT2D eigenvalue weighted by molar-refractivity contribution is 5.78. The van der Waals surface area contributed by atoms with E-state index in [2.05, 4.69) is 15.5 Å². The average Bonchev–Trinajstić information content (AvgIpc) is 3.41. The van der Waals surface area contributed by atoms with Gasteiger partial charge in [0.15, 0.2) is 6.61 Å². The Morgan fingerprint density at radius 3 is 2.74 bits per heavy atom. The molecule has 0 saturated carbocycles. The molecule has 0 unspecified atom stereocenters. The number of hydrogen-bond acceptors (Lipinski definition) is 7. The van der Waals surface area contributed by atoms with E-state index in [1.807, 2.05) is 31.2 Å². The number of hydrogen-bond donors (Lipinski definition) is 1. The highest BCUT2D eigenvalue weighted by Crippen LogP contribution is 2.28. The molecule has 9 nitrogen and oxygen atoms in total. The highest BCUT2D eigenvalue weighted by Gasteiger charge is 2.35. The van der Waals surface area contributed by atoms with E-state index in [1.165, 1.54) is 11.0 Å². The van der Waals surface area contributed by atoms with Gasteiger partial charge >= 0.3 is 0 Å². The third-order valence-corrected chi connectivity index (χ3v) is 4.66. The van der Waals surface area contributed by atoms with Crippen LogP contribution < -0.4 is 10.5 Å². The van der Waals surface area contributed by atoms with Gasteiger partial charge < -0.3 is 19.8 Å². The number of tetrazole rings is 1. The van der Waals surface area contributed by atoms with Crippen LogP contribution in [0, 0.1) is 6.92 Å². The second kappa shape index (κ2) is 7.20. The number of aromatic nitrogens is 4. The summed E-state index contributed by atoms with van der Waals surface area (Å²) < 4.78 is 12.8. The Morgan fingerprint density at radius 2 is 2.07 bits per heavy atom. The van der Waals surface area contributed by atoms with E-state index >= 15 is 0 Å². The first-order chi connectivity index (χ1) is 13.1. The summed E-state index contributed by atoms with van der Waals surface area (Å²) in [6, 6.07) is 10.9. The number of ether oxygens (including phenoxy) is 1. The lowest BCUT2D eigenvalue weighted by atomic mass is 10.0. The number of carbonyl (C=O) groups excluding carboxylic acids is 1. The molecule has 2 N–H and O–H groups in total.